The molecular weight excluding hydrogens is 386 g/mol. The highest BCUT2D eigenvalue weighted by molar-refractivity contribution is 5.87. The van der Waals surface area contributed by atoms with E-state index in [4.69, 9.17) is 13.9 Å². The third-order valence-corrected chi connectivity index (χ3v) is 4.59. The van der Waals surface area contributed by atoms with E-state index in [1.807, 2.05) is 0 Å². The summed E-state index contributed by atoms with van der Waals surface area (Å²) in [5.41, 5.74) is 0.782. The zero-order chi connectivity index (χ0) is 22.5. The highest BCUT2D eigenvalue weighted by Gasteiger charge is 2.25. The van der Waals surface area contributed by atoms with Crippen molar-refractivity contribution in [3.05, 3.63) is 39.7 Å². The van der Waals surface area contributed by atoms with Crippen molar-refractivity contribution in [2.75, 3.05) is 0 Å². The molecule has 1 aromatic carbocycles. The number of ether oxygens (including phenoxy) is 2. The molecule has 2 aromatic rings. The number of unbranched alkanes of at least 4 members (excludes halogenated alkanes) is 1. The fraction of sp³-hybridized carbons (Fsp3) is 0.522. The van der Waals surface area contributed by atoms with Gasteiger partial charge in [0.2, 0.25) is 0 Å². The topological polar surface area (TPSA) is 94.8 Å². The summed E-state index contributed by atoms with van der Waals surface area (Å²) in [4.78, 5) is 36.6. The van der Waals surface area contributed by atoms with E-state index in [2.05, 4.69) is 12.2 Å². The second-order valence-electron chi connectivity index (χ2n) is 8.29. The maximum Gasteiger partial charge on any atom is 0.408 e. The van der Waals surface area contributed by atoms with E-state index in [0.717, 1.165) is 30.2 Å². The van der Waals surface area contributed by atoms with Gasteiger partial charge in [0.25, 0.3) is 0 Å². The highest BCUT2D eigenvalue weighted by atomic mass is 16.6. The van der Waals surface area contributed by atoms with Crippen molar-refractivity contribution in [1.82, 2.24) is 5.32 Å². The number of fused-ring (bicyclic) bond motifs is 1. The molecule has 0 radical (unpaired) electrons. The summed E-state index contributed by atoms with van der Waals surface area (Å²) < 4.78 is 16.1. The number of aryl methyl sites for hydroxylation is 2. The maximum absolute atomic E-state index is 12.6. The lowest BCUT2D eigenvalue weighted by Gasteiger charge is -2.22. The lowest BCUT2D eigenvalue weighted by Crippen LogP contribution is -2.44. The van der Waals surface area contributed by atoms with Gasteiger partial charge in [-0.15, -0.1) is 0 Å². The first-order chi connectivity index (χ1) is 14.1. The maximum atomic E-state index is 12.6. The summed E-state index contributed by atoms with van der Waals surface area (Å²) in [6, 6.07) is 4.13. The monoisotopic (exact) mass is 417 g/mol. The lowest BCUT2D eigenvalue weighted by molar-refractivity contribution is -0.136. The number of carbonyl (C=O) groups excluding carboxylic acids is 2. The Labute approximate surface area is 176 Å². The number of alkyl carbamates (subject to hydrolysis) is 1. The molecule has 7 heteroatoms. The van der Waals surface area contributed by atoms with Crippen LogP contribution in [0.3, 0.4) is 0 Å². The predicted octanol–water partition coefficient (Wildman–Crippen LogP) is 4.65. The molecule has 2 rings (SSSR count). The molecule has 0 aliphatic rings. The van der Waals surface area contributed by atoms with Gasteiger partial charge >= 0.3 is 17.7 Å². The van der Waals surface area contributed by atoms with Crippen molar-refractivity contribution in [2.45, 2.75) is 78.9 Å². The molecule has 1 amide bonds. The lowest BCUT2D eigenvalue weighted by atomic mass is 10.0. The van der Waals surface area contributed by atoms with Crippen molar-refractivity contribution in [2.24, 2.45) is 0 Å². The van der Waals surface area contributed by atoms with Crippen LogP contribution in [0.1, 0.15) is 65.0 Å². The first-order valence-electron chi connectivity index (χ1n) is 10.3. The Morgan fingerprint density at radius 2 is 1.90 bits per heavy atom. The molecule has 1 N–H and O–H groups in total. The van der Waals surface area contributed by atoms with E-state index in [0.29, 0.717) is 17.6 Å². The zero-order valence-electron chi connectivity index (χ0n) is 18.6. The minimum Gasteiger partial charge on any atom is -0.444 e. The van der Waals surface area contributed by atoms with Gasteiger partial charge in [-0.3, -0.25) is 0 Å². The summed E-state index contributed by atoms with van der Waals surface area (Å²) in [6.07, 6.45) is 2.39. The number of hydrogen-bond acceptors (Lipinski definition) is 6. The van der Waals surface area contributed by atoms with E-state index < -0.39 is 29.3 Å². The average Bonchev–Trinajstić information content (AvgIpc) is 2.65. The van der Waals surface area contributed by atoms with Gasteiger partial charge in [0.1, 0.15) is 23.0 Å². The number of hydrogen-bond donors (Lipinski definition) is 1. The van der Waals surface area contributed by atoms with Crippen LogP contribution in [0.15, 0.2) is 27.4 Å². The van der Waals surface area contributed by atoms with Crippen LogP contribution in [-0.4, -0.2) is 23.7 Å². The number of amides is 1. The van der Waals surface area contributed by atoms with E-state index in [1.165, 1.54) is 6.07 Å². The van der Waals surface area contributed by atoms with E-state index >= 15 is 0 Å². The van der Waals surface area contributed by atoms with Gasteiger partial charge in [-0.25, -0.2) is 14.4 Å². The SMILES string of the molecule is CCCCc1cc(=O)oc2c(C)c(OC(=O)[C@@H](CC)NC(=O)OC(C)(C)C)ccc12. The Morgan fingerprint density at radius 3 is 2.50 bits per heavy atom. The summed E-state index contributed by atoms with van der Waals surface area (Å²) in [6.45, 7) is 10.8. The first kappa shape index (κ1) is 23.4. The molecule has 0 spiro atoms. The highest BCUT2D eigenvalue weighted by Crippen LogP contribution is 2.29. The third-order valence-electron chi connectivity index (χ3n) is 4.59. The molecule has 0 unspecified atom stereocenters. The molecule has 0 aliphatic carbocycles. The van der Waals surface area contributed by atoms with Gasteiger partial charge in [-0.2, -0.15) is 0 Å². The van der Waals surface area contributed by atoms with Crippen molar-refractivity contribution >= 4 is 23.0 Å². The second-order valence-corrected chi connectivity index (χ2v) is 8.29. The van der Waals surface area contributed by atoms with Crippen molar-refractivity contribution in [1.29, 1.82) is 0 Å². The predicted molar refractivity (Wildman–Crippen MR) is 115 cm³/mol. The fourth-order valence-corrected chi connectivity index (χ4v) is 3.05. The number of benzene rings is 1. The van der Waals surface area contributed by atoms with Crippen LogP contribution >= 0.6 is 0 Å². The summed E-state index contributed by atoms with van der Waals surface area (Å²) in [7, 11) is 0. The molecule has 164 valence electrons. The van der Waals surface area contributed by atoms with Crippen LogP contribution < -0.4 is 15.7 Å². The molecule has 0 bridgehead atoms. The fourth-order valence-electron chi connectivity index (χ4n) is 3.05. The Balaban J connectivity index is 2.25. The van der Waals surface area contributed by atoms with Crippen LogP contribution in [-0.2, 0) is 16.0 Å². The molecule has 0 fully saturated rings. The minimum atomic E-state index is -0.863. The average molecular weight is 418 g/mol. The Morgan fingerprint density at radius 1 is 1.20 bits per heavy atom. The molecule has 1 aromatic heterocycles. The largest absolute Gasteiger partial charge is 0.444 e. The number of carbonyl (C=O) groups is 2. The van der Waals surface area contributed by atoms with Crippen molar-refractivity contribution in [3.8, 4) is 5.75 Å². The molecule has 0 saturated heterocycles. The minimum absolute atomic E-state index is 0.285. The van der Waals surface area contributed by atoms with E-state index in [-0.39, 0.29) is 5.75 Å². The Bertz CT molecular complexity index is 970. The van der Waals surface area contributed by atoms with Crippen LogP contribution in [0.4, 0.5) is 4.79 Å². The van der Waals surface area contributed by atoms with Crippen LogP contribution in [0, 0.1) is 6.92 Å². The number of esters is 1. The molecule has 7 nitrogen and oxygen atoms in total. The van der Waals surface area contributed by atoms with Crippen LogP contribution in [0.2, 0.25) is 0 Å². The van der Waals surface area contributed by atoms with Crippen molar-refractivity contribution < 1.29 is 23.5 Å². The van der Waals surface area contributed by atoms with Gasteiger partial charge in [0.05, 0.1) is 0 Å². The zero-order valence-corrected chi connectivity index (χ0v) is 18.6. The smallest absolute Gasteiger partial charge is 0.408 e. The molecule has 1 atom stereocenters. The molecule has 1 heterocycles. The van der Waals surface area contributed by atoms with Gasteiger partial charge in [-0.05, 0) is 64.7 Å². The molecule has 0 aliphatic heterocycles. The van der Waals surface area contributed by atoms with Crippen LogP contribution in [0.5, 0.6) is 5.75 Å². The summed E-state index contributed by atoms with van der Waals surface area (Å²) in [5, 5.41) is 3.36. The van der Waals surface area contributed by atoms with Crippen LogP contribution in [0.25, 0.3) is 11.0 Å². The van der Waals surface area contributed by atoms with Crippen molar-refractivity contribution in [3.63, 3.8) is 0 Å². The summed E-state index contributed by atoms with van der Waals surface area (Å²) in [5.74, 6) is -0.331. The molecule has 30 heavy (non-hydrogen) atoms. The van der Waals surface area contributed by atoms with Gasteiger partial charge in [-0.1, -0.05) is 20.3 Å². The number of nitrogens with one attached hydrogen (secondary N) is 1. The second kappa shape index (κ2) is 9.78. The molecular formula is C23H31NO6. The standard InChI is InChI=1S/C23H31NO6/c1-7-9-10-15-13-19(25)29-20-14(3)18(12-11-16(15)20)28-21(26)17(8-2)24-22(27)30-23(4,5)6/h11-13,17H,7-10H2,1-6H3,(H,24,27)/t17-/m1/s1. The number of rotatable bonds is 7. The third kappa shape index (κ3) is 6.08. The van der Waals surface area contributed by atoms with Gasteiger partial charge in [0, 0.05) is 17.0 Å². The van der Waals surface area contributed by atoms with Gasteiger partial charge < -0.3 is 19.2 Å². The summed E-state index contributed by atoms with van der Waals surface area (Å²) >= 11 is 0. The first-order valence-corrected chi connectivity index (χ1v) is 10.3. The normalized spacial score (nSPS) is 12.5. The van der Waals surface area contributed by atoms with E-state index in [9.17, 15) is 14.4 Å². The van der Waals surface area contributed by atoms with E-state index in [1.54, 1.807) is 46.8 Å². The molecule has 0 saturated carbocycles. The Hall–Kier alpha value is -2.83. The Kier molecular flexibility index (Phi) is 7.65. The quantitative estimate of drug-likeness (QED) is 0.400. The van der Waals surface area contributed by atoms with Gasteiger partial charge in [0.15, 0.2) is 0 Å².